The van der Waals surface area contributed by atoms with Crippen LogP contribution in [0.5, 0.6) is 0 Å². The van der Waals surface area contributed by atoms with E-state index in [4.69, 9.17) is 5.11 Å². The van der Waals surface area contributed by atoms with Crippen molar-refractivity contribution in [2.24, 2.45) is 5.92 Å². The lowest BCUT2D eigenvalue weighted by atomic mass is 9.86. The predicted octanol–water partition coefficient (Wildman–Crippen LogP) is 2.20. The molecule has 1 aliphatic rings. The predicted molar refractivity (Wildman–Crippen MR) is 72.8 cm³/mol. The van der Waals surface area contributed by atoms with Gasteiger partial charge in [0.05, 0.1) is 11.6 Å². The number of carboxylic acid groups (broad SMARTS) is 1. The first-order chi connectivity index (χ1) is 9.06. The molecule has 0 atom stereocenters. The monoisotopic (exact) mass is 265 g/mol. The molecule has 0 unspecified atom stereocenters. The number of aliphatic carboxylic acids is 1. The van der Waals surface area contributed by atoms with E-state index in [-0.39, 0.29) is 5.92 Å². The number of carboxylic acids is 1. The van der Waals surface area contributed by atoms with Crippen LogP contribution in [-0.4, -0.2) is 26.9 Å². The van der Waals surface area contributed by atoms with Crippen LogP contribution in [0.25, 0.3) is 0 Å². The molecule has 106 valence electrons. The highest BCUT2D eigenvalue weighted by Gasteiger charge is 2.25. The van der Waals surface area contributed by atoms with Crippen LogP contribution >= 0.6 is 0 Å². The molecule has 0 bridgehead atoms. The summed E-state index contributed by atoms with van der Waals surface area (Å²) in [5, 5.41) is 16.9. The third-order valence-corrected chi connectivity index (χ3v) is 3.84. The zero-order chi connectivity index (χ0) is 13.8. The molecule has 1 aliphatic carbocycles. The second kappa shape index (κ2) is 6.19. The van der Waals surface area contributed by atoms with E-state index in [0.29, 0.717) is 12.1 Å². The molecule has 2 N–H and O–H groups in total. The molecule has 0 radical (unpaired) electrons. The van der Waals surface area contributed by atoms with Gasteiger partial charge in [-0.05, 0) is 45.6 Å². The Balaban J connectivity index is 1.75. The van der Waals surface area contributed by atoms with Gasteiger partial charge < -0.3 is 10.4 Å². The van der Waals surface area contributed by atoms with Gasteiger partial charge in [0, 0.05) is 24.8 Å². The zero-order valence-electron chi connectivity index (χ0n) is 11.7. The number of carbonyl (C=O) groups is 1. The van der Waals surface area contributed by atoms with Crippen LogP contribution in [0.15, 0.2) is 12.3 Å². The van der Waals surface area contributed by atoms with Crippen molar-refractivity contribution in [1.82, 2.24) is 15.1 Å². The summed E-state index contributed by atoms with van der Waals surface area (Å²) >= 11 is 0. The minimum atomic E-state index is -0.644. The molecule has 0 saturated heterocycles. The maximum absolute atomic E-state index is 10.9. The minimum Gasteiger partial charge on any atom is -0.481 e. The Morgan fingerprint density at radius 3 is 2.68 bits per heavy atom. The first-order valence-electron chi connectivity index (χ1n) is 7.06. The highest BCUT2D eigenvalue weighted by atomic mass is 16.4. The molecule has 2 rings (SSSR count). The van der Waals surface area contributed by atoms with Crippen molar-refractivity contribution in [3.05, 3.63) is 18.0 Å². The van der Waals surface area contributed by atoms with Crippen molar-refractivity contribution in [3.8, 4) is 0 Å². The lowest BCUT2D eigenvalue weighted by Gasteiger charge is -2.26. The van der Waals surface area contributed by atoms with Gasteiger partial charge in [0.25, 0.3) is 0 Å². The van der Waals surface area contributed by atoms with E-state index >= 15 is 0 Å². The fourth-order valence-electron chi connectivity index (χ4n) is 2.55. The van der Waals surface area contributed by atoms with Crippen molar-refractivity contribution in [1.29, 1.82) is 0 Å². The van der Waals surface area contributed by atoms with E-state index < -0.39 is 5.97 Å². The molecule has 1 aromatic rings. The Labute approximate surface area is 114 Å². The average Bonchev–Trinajstić information content (AvgIpc) is 2.86. The van der Waals surface area contributed by atoms with Crippen molar-refractivity contribution < 1.29 is 9.90 Å². The van der Waals surface area contributed by atoms with Gasteiger partial charge in [-0.3, -0.25) is 9.48 Å². The highest BCUT2D eigenvalue weighted by Crippen LogP contribution is 2.24. The molecule has 5 heteroatoms. The number of hydrogen-bond acceptors (Lipinski definition) is 3. The van der Waals surface area contributed by atoms with Crippen LogP contribution in [-0.2, 0) is 11.3 Å². The molecule has 1 fully saturated rings. The number of hydrogen-bond donors (Lipinski definition) is 2. The number of rotatable bonds is 5. The fraction of sp³-hybridized carbons (Fsp3) is 0.714. The SMILES string of the molecule is CC(C)n1ccc(CNC2CCC(C(=O)O)CC2)n1. The Hall–Kier alpha value is -1.36. The highest BCUT2D eigenvalue weighted by molar-refractivity contribution is 5.70. The molecule has 19 heavy (non-hydrogen) atoms. The summed E-state index contributed by atoms with van der Waals surface area (Å²) in [6.45, 7) is 4.98. The molecular weight excluding hydrogens is 242 g/mol. The van der Waals surface area contributed by atoms with Crippen molar-refractivity contribution in [2.45, 2.75) is 58.2 Å². The summed E-state index contributed by atoms with van der Waals surface area (Å²) < 4.78 is 1.96. The molecule has 0 aromatic carbocycles. The molecule has 1 saturated carbocycles. The average molecular weight is 265 g/mol. The molecule has 0 amide bonds. The quantitative estimate of drug-likeness (QED) is 0.856. The molecule has 0 aliphatic heterocycles. The summed E-state index contributed by atoms with van der Waals surface area (Å²) in [5.74, 6) is -0.785. The summed E-state index contributed by atoms with van der Waals surface area (Å²) in [7, 11) is 0. The first-order valence-corrected chi connectivity index (χ1v) is 7.06. The molecule has 5 nitrogen and oxygen atoms in total. The van der Waals surface area contributed by atoms with Gasteiger partial charge in [-0.15, -0.1) is 0 Å². The molecular formula is C14H23N3O2. The lowest BCUT2D eigenvalue weighted by molar-refractivity contribution is -0.142. The number of nitrogens with one attached hydrogen (secondary N) is 1. The van der Waals surface area contributed by atoms with E-state index in [2.05, 4.69) is 24.3 Å². The van der Waals surface area contributed by atoms with Crippen LogP contribution in [0.1, 0.15) is 51.3 Å². The van der Waals surface area contributed by atoms with Gasteiger partial charge in [-0.2, -0.15) is 5.10 Å². The number of nitrogens with zero attached hydrogens (tertiary/aromatic N) is 2. The van der Waals surface area contributed by atoms with Crippen molar-refractivity contribution in [3.63, 3.8) is 0 Å². The van der Waals surface area contributed by atoms with Gasteiger partial charge in [-0.25, -0.2) is 0 Å². The molecule has 1 aromatic heterocycles. The largest absolute Gasteiger partial charge is 0.481 e. The van der Waals surface area contributed by atoms with Gasteiger partial charge in [0.15, 0.2) is 0 Å². The summed E-state index contributed by atoms with van der Waals surface area (Å²) in [6, 6.07) is 2.86. The van der Waals surface area contributed by atoms with Gasteiger partial charge in [0.1, 0.15) is 0 Å². The maximum atomic E-state index is 10.9. The van der Waals surface area contributed by atoms with E-state index in [1.807, 2.05) is 16.9 Å². The third kappa shape index (κ3) is 3.80. The van der Waals surface area contributed by atoms with E-state index in [1.54, 1.807) is 0 Å². The zero-order valence-corrected chi connectivity index (χ0v) is 11.7. The Morgan fingerprint density at radius 1 is 1.47 bits per heavy atom. The normalized spacial score (nSPS) is 23.7. The summed E-state index contributed by atoms with van der Waals surface area (Å²) in [5.41, 5.74) is 1.05. The van der Waals surface area contributed by atoms with Gasteiger partial charge in [-0.1, -0.05) is 0 Å². The first kappa shape index (κ1) is 14.1. The fourth-order valence-corrected chi connectivity index (χ4v) is 2.55. The van der Waals surface area contributed by atoms with E-state index in [9.17, 15) is 4.79 Å². The topological polar surface area (TPSA) is 67.2 Å². The smallest absolute Gasteiger partial charge is 0.306 e. The van der Waals surface area contributed by atoms with Gasteiger partial charge in [0.2, 0.25) is 0 Å². The van der Waals surface area contributed by atoms with Gasteiger partial charge >= 0.3 is 5.97 Å². The second-order valence-corrected chi connectivity index (χ2v) is 5.65. The Morgan fingerprint density at radius 2 is 2.16 bits per heavy atom. The second-order valence-electron chi connectivity index (χ2n) is 5.65. The summed E-state index contributed by atoms with van der Waals surface area (Å²) in [4.78, 5) is 10.9. The van der Waals surface area contributed by atoms with Crippen molar-refractivity contribution >= 4 is 5.97 Å². The van der Waals surface area contributed by atoms with Crippen LogP contribution < -0.4 is 5.32 Å². The standard InChI is InChI=1S/C14H23N3O2/c1-10(2)17-8-7-13(16-17)9-15-12-5-3-11(4-6-12)14(18)19/h7-8,10-12,15H,3-6,9H2,1-2H3,(H,18,19). The van der Waals surface area contributed by atoms with Crippen LogP contribution in [0, 0.1) is 5.92 Å². The van der Waals surface area contributed by atoms with E-state index in [0.717, 1.165) is 37.9 Å². The number of aromatic nitrogens is 2. The lowest BCUT2D eigenvalue weighted by Crippen LogP contribution is -2.34. The summed E-state index contributed by atoms with van der Waals surface area (Å²) in [6.07, 6.45) is 5.47. The minimum absolute atomic E-state index is 0.141. The van der Waals surface area contributed by atoms with Crippen LogP contribution in [0.3, 0.4) is 0 Å². The van der Waals surface area contributed by atoms with Crippen molar-refractivity contribution in [2.75, 3.05) is 0 Å². The van der Waals surface area contributed by atoms with E-state index in [1.165, 1.54) is 0 Å². The maximum Gasteiger partial charge on any atom is 0.306 e. The Bertz CT molecular complexity index is 420. The van der Waals surface area contributed by atoms with Crippen LogP contribution in [0.4, 0.5) is 0 Å². The third-order valence-electron chi connectivity index (χ3n) is 3.84. The molecule has 0 spiro atoms. The Kier molecular flexibility index (Phi) is 4.58. The van der Waals surface area contributed by atoms with Crippen LogP contribution in [0.2, 0.25) is 0 Å². The molecule has 1 heterocycles.